The summed E-state index contributed by atoms with van der Waals surface area (Å²) in [6.07, 6.45) is 3.08. The topological polar surface area (TPSA) is 38.2 Å². The normalized spacial score (nSPS) is 20.3. The lowest BCUT2D eigenvalue weighted by Gasteiger charge is -2.35. The summed E-state index contributed by atoms with van der Waals surface area (Å²) in [5, 5.41) is 1.10. The largest absolute Gasteiger partial charge is 0.485 e. The highest BCUT2D eigenvalue weighted by atomic mass is 16.5. The van der Waals surface area contributed by atoms with E-state index in [2.05, 4.69) is 41.9 Å². The van der Waals surface area contributed by atoms with E-state index in [0.717, 1.165) is 41.3 Å². The van der Waals surface area contributed by atoms with Crippen molar-refractivity contribution in [1.82, 2.24) is 9.97 Å². The second kappa shape index (κ2) is 7.32. The number of nitrogens with zero attached hydrogens (tertiary/aromatic N) is 3. The summed E-state index contributed by atoms with van der Waals surface area (Å²) >= 11 is 0. The van der Waals surface area contributed by atoms with Gasteiger partial charge in [-0.3, -0.25) is 4.98 Å². The number of piperidine rings is 1. The van der Waals surface area contributed by atoms with Gasteiger partial charge < -0.3 is 9.64 Å². The van der Waals surface area contributed by atoms with E-state index in [1.54, 1.807) is 6.20 Å². The number of aromatic nitrogens is 2. The van der Waals surface area contributed by atoms with Crippen LogP contribution in [0.25, 0.3) is 10.9 Å². The highest BCUT2D eigenvalue weighted by molar-refractivity contribution is 5.86. The first-order chi connectivity index (χ1) is 12.7. The third-order valence-corrected chi connectivity index (χ3v) is 4.96. The summed E-state index contributed by atoms with van der Waals surface area (Å²) < 4.78 is 6.05. The molecule has 4 rings (SSSR count). The summed E-state index contributed by atoms with van der Waals surface area (Å²) in [5.74, 6) is 3.26. The molecule has 134 valence electrons. The molecule has 3 heterocycles. The molecule has 26 heavy (non-hydrogen) atoms. The van der Waals surface area contributed by atoms with Crippen LogP contribution < -0.4 is 9.64 Å². The van der Waals surface area contributed by atoms with Gasteiger partial charge in [0.25, 0.3) is 0 Å². The second-order valence-electron chi connectivity index (χ2n) is 7.46. The monoisotopic (exact) mass is 347 g/mol. The van der Waals surface area contributed by atoms with Gasteiger partial charge in [-0.2, -0.15) is 0 Å². The molecular formula is C22H25N3O. The quantitative estimate of drug-likeness (QED) is 0.686. The van der Waals surface area contributed by atoms with E-state index < -0.39 is 0 Å². The molecule has 0 saturated carbocycles. The third-order valence-electron chi connectivity index (χ3n) is 4.96. The number of rotatable bonds is 4. The van der Waals surface area contributed by atoms with E-state index in [1.165, 1.54) is 6.42 Å². The van der Waals surface area contributed by atoms with Gasteiger partial charge in [0, 0.05) is 24.7 Å². The van der Waals surface area contributed by atoms with Gasteiger partial charge in [-0.05, 0) is 48.6 Å². The molecule has 1 aliphatic rings. The van der Waals surface area contributed by atoms with E-state index in [9.17, 15) is 0 Å². The fourth-order valence-electron chi connectivity index (χ4n) is 3.89. The average Bonchev–Trinajstić information content (AvgIpc) is 2.66. The smallest absolute Gasteiger partial charge is 0.146 e. The first-order valence-corrected chi connectivity index (χ1v) is 9.36. The fraction of sp³-hybridized carbons (Fsp3) is 0.364. The summed E-state index contributed by atoms with van der Waals surface area (Å²) in [6, 6.07) is 16.2. The molecular weight excluding hydrogens is 322 g/mol. The molecule has 1 aromatic carbocycles. The summed E-state index contributed by atoms with van der Waals surface area (Å²) in [5.41, 5.74) is 1.84. The van der Waals surface area contributed by atoms with E-state index in [-0.39, 0.29) is 0 Å². The molecule has 1 saturated heterocycles. The number of ether oxygens (including phenoxy) is 1. The minimum Gasteiger partial charge on any atom is -0.485 e. The van der Waals surface area contributed by atoms with Gasteiger partial charge in [-0.25, -0.2) is 4.98 Å². The Morgan fingerprint density at radius 2 is 1.85 bits per heavy atom. The first kappa shape index (κ1) is 16.8. The Bertz CT molecular complexity index is 871. The van der Waals surface area contributed by atoms with Crippen molar-refractivity contribution in [3.05, 3.63) is 60.4 Å². The number of hydrogen-bond donors (Lipinski definition) is 0. The molecule has 0 aliphatic carbocycles. The van der Waals surface area contributed by atoms with Gasteiger partial charge >= 0.3 is 0 Å². The van der Waals surface area contributed by atoms with Crippen LogP contribution in [0.3, 0.4) is 0 Å². The standard InChI is InChI=1S/C22H25N3O/c1-16-12-17(2)14-25(13-16)21-10-9-18-6-5-8-20(22(18)24-21)26-15-19-7-3-4-11-23-19/h3-11,16-17H,12-15H2,1-2H3. The van der Waals surface area contributed by atoms with Gasteiger partial charge in [-0.15, -0.1) is 0 Å². The summed E-state index contributed by atoms with van der Waals surface area (Å²) in [7, 11) is 0. The molecule has 2 aromatic heterocycles. The van der Waals surface area contributed by atoms with Crippen molar-refractivity contribution in [2.45, 2.75) is 26.9 Å². The van der Waals surface area contributed by atoms with Gasteiger partial charge in [0.1, 0.15) is 23.7 Å². The van der Waals surface area contributed by atoms with Crippen LogP contribution in [0.5, 0.6) is 5.75 Å². The number of hydrogen-bond acceptors (Lipinski definition) is 4. The Morgan fingerprint density at radius 3 is 2.62 bits per heavy atom. The van der Waals surface area contributed by atoms with Gasteiger partial charge in [0.2, 0.25) is 0 Å². The Morgan fingerprint density at radius 1 is 1.00 bits per heavy atom. The van der Waals surface area contributed by atoms with Crippen LogP contribution in [0, 0.1) is 11.8 Å². The third kappa shape index (κ3) is 3.64. The maximum Gasteiger partial charge on any atom is 0.146 e. The molecule has 0 spiro atoms. The van der Waals surface area contributed by atoms with E-state index in [4.69, 9.17) is 9.72 Å². The molecule has 3 aromatic rings. The lowest BCUT2D eigenvalue weighted by Crippen LogP contribution is -2.39. The Labute approximate surface area is 154 Å². The summed E-state index contributed by atoms with van der Waals surface area (Å²) in [6.45, 7) is 7.24. The maximum absolute atomic E-state index is 6.05. The van der Waals surface area contributed by atoms with Crippen LogP contribution in [0.2, 0.25) is 0 Å². The van der Waals surface area contributed by atoms with Crippen molar-refractivity contribution >= 4 is 16.7 Å². The molecule has 0 radical (unpaired) electrons. The Kier molecular flexibility index (Phi) is 4.74. The number of para-hydroxylation sites is 1. The lowest BCUT2D eigenvalue weighted by atomic mass is 9.92. The predicted molar refractivity (Wildman–Crippen MR) is 105 cm³/mol. The fourth-order valence-corrected chi connectivity index (χ4v) is 3.89. The van der Waals surface area contributed by atoms with Crippen molar-refractivity contribution in [1.29, 1.82) is 0 Å². The molecule has 2 atom stereocenters. The number of benzene rings is 1. The van der Waals surface area contributed by atoms with Crippen molar-refractivity contribution in [2.75, 3.05) is 18.0 Å². The van der Waals surface area contributed by atoms with Crippen LogP contribution >= 0.6 is 0 Å². The minimum absolute atomic E-state index is 0.448. The van der Waals surface area contributed by atoms with Crippen LogP contribution in [-0.4, -0.2) is 23.1 Å². The number of pyridine rings is 2. The van der Waals surface area contributed by atoms with E-state index in [0.29, 0.717) is 18.4 Å². The highest BCUT2D eigenvalue weighted by Gasteiger charge is 2.23. The SMILES string of the molecule is CC1CC(C)CN(c2ccc3cccc(OCc4ccccn4)c3n2)C1. The van der Waals surface area contributed by atoms with Gasteiger partial charge in [-0.1, -0.05) is 32.0 Å². The highest BCUT2D eigenvalue weighted by Crippen LogP contribution is 2.30. The first-order valence-electron chi connectivity index (χ1n) is 9.36. The van der Waals surface area contributed by atoms with Gasteiger partial charge in [0.15, 0.2) is 0 Å². The lowest BCUT2D eigenvalue weighted by molar-refractivity contribution is 0.304. The number of anilines is 1. The number of fused-ring (bicyclic) bond motifs is 1. The molecule has 0 bridgehead atoms. The summed E-state index contributed by atoms with van der Waals surface area (Å²) in [4.78, 5) is 11.7. The predicted octanol–water partition coefficient (Wildman–Crippen LogP) is 4.69. The van der Waals surface area contributed by atoms with Crippen LogP contribution in [0.1, 0.15) is 26.0 Å². The van der Waals surface area contributed by atoms with Crippen molar-refractivity contribution in [3.8, 4) is 5.75 Å². The van der Waals surface area contributed by atoms with Crippen LogP contribution in [-0.2, 0) is 6.61 Å². The zero-order valence-electron chi connectivity index (χ0n) is 15.4. The Balaban J connectivity index is 1.62. The van der Waals surface area contributed by atoms with Crippen molar-refractivity contribution in [3.63, 3.8) is 0 Å². The molecule has 0 N–H and O–H groups in total. The van der Waals surface area contributed by atoms with Crippen molar-refractivity contribution in [2.24, 2.45) is 11.8 Å². The van der Waals surface area contributed by atoms with E-state index in [1.807, 2.05) is 30.3 Å². The maximum atomic E-state index is 6.05. The zero-order chi connectivity index (χ0) is 17.9. The minimum atomic E-state index is 0.448. The molecule has 1 fully saturated rings. The van der Waals surface area contributed by atoms with Gasteiger partial charge in [0.05, 0.1) is 5.69 Å². The molecule has 4 nitrogen and oxygen atoms in total. The molecule has 4 heteroatoms. The second-order valence-corrected chi connectivity index (χ2v) is 7.46. The molecule has 0 amide bonds. The van der Waals surface area contributed by atoms with Crippen LogP contribution in [0.4, 0.5) is 5.82 Å². The van der Waals surface area contributed by atoms with E-state index >= 15 is 0 Å². The van der Waals surface area contributed by atoms with Crippen molar-refractivity contribution < 1.29 is 4.74 Å². The Hall–Kier alpha value is -2.62. The molecule has 2 unspecified atom stereocenters. The van der Waals surface area contributed by atoms with Crippen LogP contribution in [0.15, 0.2) is 54.7 Å². The average molecular weight is 347 g/mol. The zero-order valence-corrected chi connectivity index (χ0v) is 15.4. The molecule has 1 aliphatic heterocycles.